The van der Waals surface area contributed by atoms with Crippen LogP contribution in [0.25, 0.3) is 0 Å². The summed E-state index contributed by atoms with van der Waals surface area (Å²) < 4.78 is 78.2. The van der Waals surface area contributed by atoms with Crippen LogP contribution in [0.5, 0.6) is 0 Å². The van der Waals surface area contributed by atoms with Crippen molar-refractivity contribution < 1.29 is 30.8 Å². The van der Waals surface area contributed by atoms with Crippen LogP contribution >= 0.6 is 0 Å². The second-order valence-electron chi connectivity index (χ2n) is 7.07. The van der Waals surface area contributed by atoms with Crippen LogP contribution in [0.2, 0.25) is 0 Å². The van der Waals surface area contributed by atoms with Crippen LogP contribution in [0.1, 0.15) is 24.0 Å². The van der Waals surface area contributed by atoms with Crippen molar-refractivity contribution in [3.05, 3.63) is 65.5 Å². The molecule has 1 heterocycles. The third-order valence-corrected chi connectivity index (χ3v) is 6.81. The fraction of sp³-hybridized carbons (Fsp3) is 0.350. The largest absolute Gasteiger partial charge is 0.416 e. The molecule has 1 atom stereocenters. The van der Waals surface area contributed by atoms with E-state index < -0.39 is 39.4 Å². The van der Waals surface area contributed by atoms with Crippen molar-refractivity contribution in [3.63, 3.8) is 0 Å². The van der Waals surface area contributed by atoms with Gasteiger partial charge >= 0.3 is 6.18 Å². The number of hydrogen-bond acceptors (Lipinski definition) is 3. The van der Waals surface area contributed by atoms with E-state index in [-0.39, 0.29) is 24.5 Å². The Morgan fingerprint density at radius 3 is 2.50 bits per heavy atom. The normalized spacial score (nSPS) is 18.2. The first-order valence-electron chi connectivity index (χ1n) is 9.27. The van der Waals surface area contributed by atoms with Gasteiger partial charge in [0.25, 0.3) is 0 Å². The van der Waals surface area contributed by atoms with E-state index in [0.29, 0.717) is 18.4 Å². The van der Waals surface area contributed by atoms with Crippen LogP contribution in [0.15, 0.2) is 53.4 Å². The predicted octanol–water partition coefficient (Wildman–Crippen LogP) is 3.56. The number of piperidine rings is 1. The van der Waals surface area contributed by atoms with Gasteiger partial charge in [-0.25, -0.2) is 12.8 Å². The molecule has 0 spiro atoms. The van der Waals surface area contributed by atoms with Crippen molar-refractivity contribution in [1.82, 2.24) is 9.62 Å². The maximum Gasteiger partial charge on any atom is 0.416 e. The lowest BCUT2D eigenvalue weighted by Gasteiger charge is -2.31. The Balaban J connectivity index is 1.64. The number of carbonyl (C=O) groups is 1. The molecule has 0 aromatic heterocycles. The van der Waals surface area contributed by atoms with Crippen LogP contribution < -0.4 is 5.32 Å². The third-order valence-electron chi connectivity index (χ3n) is 4.93. The number of amides is 1. The first-order valence-corrected chi connectivity index (χ1v) is 10.7. The molecule has 1 aliphatic rings. The summed E-state index contributed by atoms with van der Waals surface area (Å²) in [6, 6.07) is 9.09. The molecule has 162 valence electrons. The first-order chi connectivity index (χ1) is 14.1. The number of benzene rings is 2. The van der Waals surface area contributed by atoms with E-state index in [2.05, 4.69) is 5.32 Å². The van der Waals surface area contributed by atoms with E-state index in [9.17, 15) is 30.8 Å². The second kappa shape index (κ2) is 8.73. The number of carbonyl (C=O) groups excluding carboxylic acids is 1. The SMILES string of the molecule is O=C(NCc1cccc(C(F)(F)F)c1)[C@H]1CCCN(S(=O)(=O)c2ccc(F)cc2)C1. The van der Waals surface area contributed by atoms with Gasteiger partial charge in [-0.2, -0.15) is 17.5 Å². The molecule has 2 aromatic rings. The number of rotatable bonds is 5. The van der Waals surface area contributed by atoms with Crippen molar-refractivity contribution in [3.8, 4) is 0 Å². The smallest absolute Gasteiger partial charge is 0.352 e. The summed E-state index contributed by atoms with van der Waals surface area (Å²) in [5.74, 6) is -1.61. The average Bonchev–Trinajstić information content (AvgIpc) is 2.72. The maximum absolute atomic E-state index is 13.1. The molecule has 5 nitrogen and oxygen atoms in total. The van der Waals surface area contributed by atoms with Gasteiger partial charge in [0.05, 0.1) is 16.4 Å². The lowest BCUT2D eigenvalue weighted by atomic mass is 9.98. The Morgan fingerprint density at radius 2 is 1.83 bits per heavy atom. The average molecular weight is 444 g/mol. The van der Waals surface area contributed by atoms with Crippen molar-refractivity contribution in [1.29, 1.82) is 0 Å². The molecule has 1 fully saturated rings. The number of halogens is 4. The van der Waals surface area contributed by atoms with Gasteiger partial charge in [0.15, 0.2) is 0 Å². The summed E-state index contributed by atoms with van der Waals surface area (Å²) in [6.45, 7) is 0.0925. The number of alkyl halides is 3. The lowest BCUT2D eigenvalue weighted by Crippen LogP contribution is -2.45. The highest BCUT2D eigenvalue weighted by molar-refractivity contribution is 7.89. The highest BCUT2D eigenvalue weighted by atomic mass is 32.2. The minimum Gasteiger partial charge on any atom is -0.352 e. The summed E-state index contributed by atoms with van der Waals surface area (Å²) >= 11 is 0. The van der Waals surface area contributed by atoms with Crippen molar-refractivity contribution in [2.45, 2.75) is 30.5 Å². The molecule has 1 amide bonds. The van der Waals surface area contributed by atoms with Crippen LogP contribution in [-0.2, 0) is 27.5 Å². The van der Waals surface area contributed by atoms with E-state index in [1.54, 1.807) is 0 Å². The van der Waals surface area contributed by atoms with Crippen LogP contribution in [0.4, 0.5) is 17.6 Å². The molecule has 1 saturated heterocycles. The standard InChI is InChI=1S/C20H20F4N2O3S/c21-17-6-8-18(9-7-17)30(28,29)26-10-2-4-15(13-26)19(27)25-12-14-3-1-5-16(11-14)20(22,23)24/h1,3,5-9,11,15H,2,4,10,12-13H2,(H,25,27)/t15-/m0/s1. The number of nitrogens with zero attached hydrogens (tertiary/aromatic N) is 1. The molecule has 0 aliphatic carbocycles. The molecule has 0 unspecified atom stereocenters. The van der Waals surface area contributed by atoms with E-state index in [0.717, 1.165) is 24.3 Å². The maximum atomic E-state index is 13.1. The summed E-state index contributed by atoms with van der Waals surface area (Å²) in [4.78, 5) is 12.4. The van der Waals surface area contributed by atoms with Gasteiger partial charge in [-0.15, -0.1) is 0 Å². The van der Waals surface area contributed by atoms with Gasteiger partial charge in [-0.05, 0) is 54.8 Å². The van der Waals surface area contributed by atoms with E-state index in [4.69, 9.17) is 0 Å². The molecule has 1 aliphatic heterocycles. The van der Waals surface area contributed by atoms with Crippen molar-refractivity contribution >= 4 is 15.9 Å². The van der Waals surface area contributed by atoms with Gasteiger partial charge in [-0.1, -0.05) is 12.1 Å². The molecule has 10 heteroatoms. The zero-order chi connectivity index (χ0) is 21.9. The Bertz CT molecular complexity index is 1010. The van der Waals surface area contributed by atoms with Crippen molar-refractivity contribution in [2.75, 3.05) is 13.1 Å². The topological polar surface area (TPSA) is 66.5 Å². The molecule has 0 saturated carbocycles. The zero-order valence-electron chi connectivity index (χ0n) is 15.8. The zero-order valence-corrected chi connectivity index (χ0v) is 16.6. The third kappa shape index (κ3) is 5.17. The van der Waals surface area contributed by atoms with E-state index >= 15 is 0 Å². The predicted molar refractivity (Wildman–Crippen MR) is 101 cm³/mol. The number of sulfonamides is 1. The van der Waals surface area contributed by atoms with Gasteiger partial charge < -0.3 is 5.32 Å². The van der Waals surface area contributed by atoms with Gasteiger partial charge in [0, 0.05) is 19.6 Å². The molecule has 30 heavy (non-hydrogen) atoms. The Morgan fingerprint density at radius 1 is 1.13 bits per heavy atom. The Labute approximate surface area is 171 Å². The van der Waals surface area contributed by atoms with Crippen molar-refractivity contribution in [2.24, 2.45) is 5.92 Å². The summed E-state index contributed by atoms with van der Waals surface area (Å²) in [7, 11) is -3.87. The molecule has 0 bridgehead atoms. The Kier molecular flexibility index (Phi) is 6.47. The minimum atomic E-state index is -4.47. The number of nitrogens with one attached hydrogen (secondary N) is 1. The van der Waals surface area contributed by atoms with Crippen LogP contribution in [0.3, 0.4) is 0 Å². The summed E-state index contributed by atoms with van der Waals surface area (Å²) in [5, 5.41) is 2.59. The molecular formula is C20H20F4N2O3S. The van der Waals surface area contributed by atoms with Crippen LogP contribution in [-0.4, -0.2) is 31.7 Å². The van der Waals surface area contributed by atoms with Gasteiger partial charge in [0.2, 0.25) is 15.9 Å². The van der Waals surface area contributed by atoms with Gasteiger partial charge in [0.1, 0.15) is 5.82 Å². The minimum absolute atomic E-state index is 0.0475. The number of hydrogen-bond donors (Lipinski definition) is 1. The summed E-state index contributed by atoms with van der Waals surface area (Å²) in [5.41, 5.74) is -0.506. The molecule has 2 aromatic carbocycles. The molecule has 0 radical (unpaired) electrons. The quantitative estimate of drug-likeness (QED) is 0.718. The highest BCUT2D eigenvalue weighted by Crippen LogP contribution is 2.29. The fourth-order valence-electron chi connectivity index (χ4n) is 3.32. The lowest BCUT2D eigenvalue weighted by molar-refractivity contribution is -0.137. The first kappa shape index (κ1) is 22.2. The monoisotopic (exact) mass is 444 g/mol. The molecule has 3 rings (SSSR count). The molecule has 1 N–H and O–H groups in total. The van der Waals surface area contributed by atoms with Gasteiger partial charge in [-0.3, -0.25) is 4.79 Å². The van der Waals surface area contributed by atoms with E-state index in [1.807, 2.05) is 0 Å². The molecular weight excluding hydrogens is 424 g/mol. The second-order valence-corrected chi connectivity index (χ2v) is 9.01. The Hall–Kier alpha value is -2.46. The summed E-state index contributed by atoms with van der Waals surface area (Å²) in [6.07, 6.45) is -3.55. The fourth-order valence-corrected chi connectivity index (χ4v) is 4.85. The van der Waals surface area contributed by atoms with Crippen LogP contribution in [0, 0.1) is 11.7 Å². The van der Waals surface area contributed by atoms with E-state index in [1.165, 1.54) is 28.6 Å². The highest BCUT2D eigenvalue weighted by Gasteiger charge is 2.33.